The third-order valence-electron chi connectivity index (χ3n) is 5.29. The van der Waals surface area contributed by atoms with Crippen molar-refractivity contribution < 1.29 is 17.9 Å². The van der Waals surface area contributed by atoms with Gasteiger partial charge in [0.2, 0.25) is 10.0 Å². The Balaban J connectivity index is 1.62. The number of hydrogen-bond acceptors (Lipinski definition) is 4. The third kappa shape index (κ3) is 5.40. The van der Waals surface area contributed by atoms with Crippen LogP contribution in [0, 0.1) is 5.41 Å². The molecule has 1 amide bonds. The van der Waals surface area contributed by atoms with Crippen LogP contribution in [0.4, 0.5) is 0 Å². The predicted octanol–water partition coefficient (Wildman–Crippen LogP) is 3.69. The normalized spacial score (nSPS) is 20.1. The van der Waals surface area contributed by atoms with Gasteiger partial charge in [-0.25, -0.2) is 8.42 Å². The molecule has 0 spiro atoms. The SMILES string of the molecule is CC(C)Oc1ccc(C(=O)NCC2(C)CCCN(S(=O)(=O)c3ccccc3)C2)cc1. The van der Waals surface area contributed by atoms with Crippen LogP contribution in [-0.4, -0.2) is 44.4 Å². The minimum absolute atomic E-state index is 0.0750. The van der Waals surface area contributed by atoms with Crippen molar-refractivity contribution >= 4 is 15.9 Å². The van der Waals surface area contributed by atoms with Crippen molar-refractivity contribution in [3.05, 3.63) is 60.2 Å². The topological polar surface area (TPSA) is 75.7 Å². The van der Waals surface area contributed by atoms with Crippen molar-refractivity contribution in [1.29, 1.82) is 0 Å². The monoisotopic (exact) mass is 430 g/mol. The zero-order valence-corrected chi connectivity index (χ0v) is 18.6. The van der Waals surface area contributed by atoms with Crippen molar-refractivity contribution in [3.63, 3.8) is 0 Å². The quantitative estimate of drug-likeness (QED) is 0.727. The van der Waals surface area contributed by atoms with Crippen molar-refractivity contribution in [3.8, 4) is 5.75 Å². The van der Waals surface area contributed by atoms with E-state index in [1.165, 1.54) is 4.31 Å². The van der Waals surface area contributed by atoms with Crippen LogP contribution in [0.2, 0.25) is 0 Å². The minimum atomic E-state index is -3.53. The maximum Gasteiger partial charge on any atom is 0.251 e. The van der Waals surface area contributed by atoms with E-state index in [4.69, 9.17) is 4.74 Å². The summed E-state index contributed by atoms with van der Waals surface area (Å²) < 4.78 is 33.1. The molecule has 162 valence electrons. The first kappa shape index (κ1) is 22.3. The van der Waals surface area contributed by atoms with Crippen LogP contribution in [0.25, 0.3) is 0 Å². The molecule has 6 nitrogen and oxygen atoms in total. The van der Waals surface area contributed by atoms with Crippen LogP contribution in [0.1, 0.15) is 44.0 Å². The van der Waals surface area contributed by atoms with Crippen LogP contribution in [0.3, 0.4) is 0 Å². The van der Waals surface area contributed by atoms with Gasteiger partial charge in [0.1, 0.15) is 5.75 Å². The summed E-state index contributed by atoms with van der Waals surface area (Å²) in [7, 11) is -3.53. The largest absolute Gasteiger partial charge is 0.491 e. The van der Waals surface area contributed by atoms with Gasteiger partial charge in [-0.15, -0.1) is 0 Å². The molecule has 7 heteroatoms. The van der Waals surface area contributed by atoms with Gasteiger partial charge in [0.25, 0.3) is 5.91 Å². The lowest BCUT2D eigenvalue weighted by Gasteiger charge is -2.39. The summed E-state index contributed by atoms with van der Waals surface area (Å²) in [5.41, 5.74) is 0.232. The van der Waals surface area contributed by atoms with Crippen LogP contribution >= 0.6 is 0 Å². The fraction of sp³-hybridized carbons (Fsp3) is 0.435. The van der Waals surface area contributed by atoms with Crippen molar-refractivity contribution in [2.24, 2.45) is 5.41 Å². The summed E-state index contributed by atoms with van der Waals surface area (Å²) in [6, 6.07) is 15.5. The van der Waals surface area contributed by atoms with E-state index in [-0.39, 0.29) is 17.4 Å². The number of nitrogens with one attached hydrogen (secondary N) is 1. The number of ether oxygens (including phenoxy) is 1. The van der Waals surface area contributed by atoms with E-state index in [9.17, 15) is 13.2 Å². The minimum Gasteiger partial charge on any atom is -0.491 e. The first-order valence-electron chi connectivity index (χ1n) is 10.3. The smallest absolute Gasteiger partial charge is 0.251 e. The molecule has 2 aromatic carbocycles. The highest BCUT2D eigenvalue weighted by molar-refractivity contribution is 7.89. The Morgan fingerprint density at radius 1 is 1.13 bits per heavy atom. The summed E-state index contributed by atoms with van der Waals surface area (Å²) in [5, 5.41) is 2.98. The maximum atomic E-state index is 13.0. The molecule has 0 saturated carbocycles. The molecule has 30 heavy (non-hydrogen) atoms. The summed E-state index contributed by atoms with van der Waals surface area (Å²) in [6.07, 6.45) is 1.70. The Bertz CT molecular complexity index is 958. The molecule has 1 heterocycles. The van der Waals surface area contributed by atoms with Crippen molar-refractivity contribution in [2.45, 2.75) is 44.6 Å². The molecule has 0 aliphatic carbocycles. The second-order valence-electron chi connectivity index (χ2n) is 8.44. The van der Waals surface area contributed by atoms with E-state index >= 15 is 0 Å². The second kappa shape index (κ2) is 9.18. The zero-order valence-electron chi connectivity index (χ0n) is 17.8. The van der Waals surface area contributed by atoms with Gasteiger partial charge in [0.15, 0.2) is 0 Å². The molecular formula is C23H30N2O4S. The summed E-state index contributed by atoms with van der Waals surface area (Å²) in [5.74, 6) is 0.554. The molecule has 1 fully saturated rings. The number of hydrogen-bond donors (Lipinski definition) is 1. The van der Waals surface area contributed by atoms with Gasteiger partial charge < -0.3 is 10.1 Å². The number of carbonyl (C=O) groups is 1. The summed E-state index contributed by atoms with van der Waals surface area (Å²) in [6.45, 7) is 7.22. The second-order valence-corrected chi connectivity index (χ2v) is 10.4. The lowest BCUT2D eigenvalue weighted by molar-refractivity contribution is 0.0907. The van der Waals surface area contributed by atoms with Gasteiger partial charge in [-0.1, -0.05) is 25.1 Å². The Kier molecular flexibility index (Phi) is 6.83. The first-order chi connectivity index (χ1) is 14.2. The summed E-state index contributed by atoms with van der Waals surface area (Å²) in [4.78, 5) is 12.9. The standard InChI is InChI=1S/C23H30N2O4S/c1-18(2)29-20-12-10-19(11-13-20)22(26)24-16-23(3)14-7-15-25(17-23)30(27,28)21-8-5-4-6-9-21/h4-6,8-13,18H,7,14-17H2,1-3H3,(H,24,26). The Labute approximate surface area is 179 Å². The molecule has 1 aliphatic heterocycles. The van der Waals surface area contributed by atoms with Crippen molar-refractivity contribution in [2.75, 3.05) is 19.6 Å². The number of sulfonamides is 1. The number of rotatable bonds is 7. The van der Waals surface area contributed by atoms with Crippen LogP contribution in [0.15, 0.2) is 59.5 Å². The number of piperidine rings is 1. The Hall–Kier alpha value is -2.38. The fourth-order valence-corrected chi connectivity index (χ4v) is 5.36. The van der Waals surface area contributed by atoms with Crippen molar-refractivity contribution in [1.82, 2.24) is 9.62 Å². The Morgan fingerprint density at radius 3 is 2.43 bits per heavy atom. The number of carbonyl (C=O) groups excluding carboxylic acids is 1. The molecular weight excluding hydrogens is 400 g/mol. The van der Waals surface area contributed by atoms with Gasteiger partial charge >= 0.3 is 0 Å². The van der Waals surface area contributed by atoms with Crippen LogP contribution < -0.4 is 10.1 Å². The first-order valence-corrected chi connectivity index (χ1v) is 11.7. The average Bonchev–Trinajstić information content (AvgIpc) is 2.73. The molecule has 1 atom stereocenters. The highest BCUT2D eigenvalue weighted by Gasteiger charge is 2.37. The molecule has 3 rings (SSSR count). The highest BCUT2D eigenvalue weighted by Crippen LogP contribution is 2.32. The summed E-state index contributed by atoms with van der Waals surface area (Å²) >= 11 is 0. The molecule has 0 radical (unpaired) electrons. The van der Waals surface area contributed by atoms with Gasteiger partial charge in [-0.05, 0) is 68.5 Å². The number of nitrogens with zero attached hydrogens (tertiary/aromatic N) is 1. The van der Waals surface area contributed by atoms with E-state index in [0.29, 0.717) is 30.1 Å². The fourth-order valence-electron chi connectivity index (χ4n) is 3.71. The van der Waals surface area contributed by atoms with E-state index in [1.54, 1.807) is 54.6 Å². The maximum absolute atomic E-state index is 13.0. The molecule has 1 aliphatic rings. The molecule has 1 saturated heterocycles. The lowest BCUT2D eigenvalue weighted by atomic mass is 9.82. The van der Waals surface area contributed by atoms with Gasteiger partial charge in [0.05, 0.1) is 11.0 Å². The molecule has 2 aromatic rings. The lowest BCUT2D eigenvalue weighted by Crippen LogP contribution is -2.49. The molecule has 0 aromatic heterocycles. The van der Waals surface area contributed by atoms with Gasteiger partial charge in [0, 0.05) is 25.2 Å². The van der Waals surface area contributed by atoms with Crippen LogP contribution in [-0.2, 0) is 10.0 Å². The average molecular weight is 431 g/mol. The third-order valence-corrected chi connectivity index (χ3v) is 7.15. The predicted molar refractivity (Wildman–Crippen MR) is 117 cm³/mol. The molecule has 1 unspecified atom stereocenters. The number of amides is 1. The number of benzene rings is 2. The zero-order chi connectivity index (χ0) is 21.8. The van der Waals surface area contributed by atoms with Gasteiger partial charge in [-0.3, -0.25) is 4.79 Å². The van der Waals surface area contributed by atoms with Crippen LogP contribution in [0.5, 0.6) is 5.75 Å². The molecule has 0 bridgehead atoms. The van der Waals surface area contributed by atoms with E-state index in [0.717, 1.165) is 18.6 Å². The highest BCUT2D eigenvalue weighted by atomic mass is 32.2. The van der Waals surface area contributed by atoms with Gasteiger partial charge in [-0.2, -0.15) is 4.31 Å². The Morgan fingerprint density at radius 2 is 1.80 bits per heavy atom. The van der Waals surface area contributed by atoms with E-state index in [1.807, 2.05) is 20.8 Å². The molecule has 1 N–H and O–H groups in total. The van der Waals surface area contributed by atoms with E-state index < -0.39 is 10.0 Å². The van der Waals surface area contributed by atoms with E-state index in [2.05, 4.69) is 5.32 Å².